The number of hydrogen-bond acceptors (Lipinski definition) is 4. The molecule has 0 saturated carbocycles. The molecule has 0 saturated heterocycles. The first-order chi connectivity index (χ1) is 12.0. The van der Waals surface area contributed by atoms with Gasteiger partial charge in [-0.1, -0.05) is 11.6 Å². The molecule has 0 radical (unpaired) electrons. The normalized spacial score (nSPS) is 10.5. The zero-order chi connectivity index (χ0) is 18.0. The molecule has 1 heterocycles. The zero-order valence-electron chi connectivity index (χ0n) is 12.5. The smallest absolute Gasteiger partial charge is 0.270 e. The van der Waals surface area contributed by atoms with Crippen LogP contribution in [0, 0.1) is 13.7 Å². The molecule has 0 aliphatic heterocycles. The highest BCUT2D eigenvalue weighted by molar-refractivity contribution is 14.1. The van der Waals surface area contributed by atoms with Crippen molar-refractivity contribution in [1.82, 2.24) is 9.55 Å². The van der Waals surface area contributed by atoms with Crippen LogP contribution in [-0.4, -0.2) is 20.4 Å². The van der Waals surface area contributed by atoms with Gasteiger partial charge in [-0.15, -0.1) is 0 Å². The SMILES string of the molecule is O=C(Nc1ccc(-n2ccnc2)c(Cl)c1)c1ccc([N+](=O)[O-])cc1I. The Morgan fingerprint density at radius 1 is 1.28 bits per heavy atom. The number of nitro groups is 1. The first-order valence-corrected chi connectivity index (χ1v) is 8.44. The summed E-state index contributed by atoms with van der Waals surface area (Å²) in [7, 11) is 0. The van der Waals surface area contributed by atoms with Crippen LogP contribution < -0.4 is 5.32 Å². The zero-order valence-corrected chi connectivity index (χ0v) is 15.4. The lowest BCUT2D eigenvalue weighted by Crippen LogP contribution is -2.13. The summed E-state index contributed by atoms with van der Waals surface area (Å²) in [6.45, 7) is 0. The van der Waals surface area contributed by atoms with Gasteiger partial charge in [0, 0.05) is 33.8 Å². The number of carbonyl (C=O) groups excluding carboxylic acids is 1. The minimum Gasteiger partial charge on any atom is -0.322 e. The highest BCUT2D eigenvalue weighted by Crippen LogP contribution is 2.25. The Morgan fingerprint density at radius 3 is 2.68 bits per heavy atom. The summed E-state index contributed by atoms with van der Waals surface area (Å²) in [6, 6.07) is 9.19. The van der Waals surface area contributed by atoms with Crippen LogP contribution in [0.3, 0.4) is 0 Å². The number of carbonyl (C=O) groups is 1. The topological polar surface area (TPSA) is 90.1 Å². The summed E-state index contributed by atoms with van der Waals surface area (Å²) in [4.78, 5) is 26.6. The van der Waals surface area contributed by atoms with E-state index in [0.29, 0.717) is 19.8 Å². The Bertz CT molecular complexity index is 960. The molecular formula is C16H10ClIN4O3. The lowest BCUT2D eigenvalue weighted by atomic mass is 10.2. The van der Waals surface area contributed by atoms with Crippen LogP contribution in [0.15, 0.2) is 55.1 Å². The average Bonchev–Trinajstić information content (AvgIpc) is 3.08. The minimum absolute atomic E-state index is 0.0614. The van der Waals surface area contributed by atoms with Crippen molar-refractivity contribution in [2.24, 2.45) is 0 Å². The maximum atomic E-state index is 12.4. The highest BCUT2D eigenvalue weighted by Gasteiger charge is 2.15. The number of nitro benzene ring substituents is 1. The van der Waals surface area contributed by atoms with E-state index in [9.17, 15) is 14.9 Å². The predicted molar refractivity (Wildman–Crippen MR) is 102 cm³/mol. The largest absolute Gasteiger partial charge is 0.322 e. The molecule has 0 aliphatic carbocycles. The number of non-ortho nitro benzene ring substituents is 1. The summed E-state index contributed by atoms with van der Waals surface area (Å²) < 4.78 is 2.25. The number of hydrogen-bond donors (Lipinski definition) is 1. The monoisotopic (exact) mass is 468 g/mol. The lowest BCUT2D eigenvalue weighted by Gasteiger charge is -2.10. The van der Waals surface area contributed by atoms with Crippen LogP contribution in [0.1, 0.15) is 10.4 Å². The van der Waals surface area contributed by atoms with Crippen LogP contribution in [0.2, 0.25) is 5.02 Å². The van der Waals surface area contributed by atoms with Gasteiger partial charge in [-0.05, 0) is 46.9 Å². The molecule has 1 aromatic heterocycles. The van der Waals surface area contributed by atoms with Crippen LogP contribution >= 0.6 is 34.2 Å². The van der Waals surface area contributed by atoms with Crippen LogP contribution in [0.5, 0.6) is 0 Å². The Morgan fingerprint density at radius 2 is 2.08 bits per heavy atom. The fourth-order valence-corrected chi connectivity index (χ4v) is 3.22. The number of imidazole rings is 1. The van der Waals surface area contributed by atoms with Crippen molar-refractivity contribution in [3.63, 3.8) is 0 Å². The van der Waals surface area contributed by atoms with Gasteiger partial charge in [-0.3, -0.25) is 14.9 Å². The van der Waals surface area contributed by atoms with E-state index >= 15 is 0 Å². The summed E-state index contributed by atoms with van der Waals surface area (Å²) in [5.41, 5.74) is 1.55. The fraction of sp³-hybridized carbons (Fsp3) is 0. The van der Waals surface area contributed by atoms with Gasteiger partial charge in [0.15, 0.2) is 0 Å². The molecule has 3 rings (SSSR count). The molecule has 7 nitrogen and oxygen atoms in total. The molecule has 9 heteroatoms. The van der Waals surface area contributed by atoms with Gasteiger partial charge in [0.25, 0.3) is 11.6 Å². The molecule has 0 fully saturated rings. The summed E-state index contributed by atoms with van der Waals surface area (Å²) in [5.74, 6) is -0.370. The minimum atomic E-state index is -0.502. The van der Waals surface area contributed by atoms with Gasteiger partial charge >= 0.3 is 0 Å². The van der Waals surface area contributed by atoms with E-state index in [1.807, 2.05) is 22.6 Å². The Kier molecular flexibility index (Phi) is 5.00. The van der Waals surface area contributed by atoms with E-state index < -0.39 is 4.92 Å². The first kappa shape index (κ1) is 17.4. The maximum absolute atomic E-state index is 12.4. The number of halogens is 2. The Labute approximate surface area is 160 Å². The standard InChI is InChI=1S/C16H10ClIN4O3/c17-13-7-10(1-4-15(13)21-6-5-19-9-21)20-16(23)12-3-2-11(22(24)25)8-14(12)18/h1-9H,(H,20,23). The quantitative estimate of drug-likeness (QED) is 0.351. The second-order valence-corrected chi connectivity index (χ2v) is 6.58. The molecule has 0 bridgehead atoms. The number of aromatic nitrogens is 2. The van der Waals surface area contributed by atoms with E-state index in [4.69, 9.17) is 11.6 Å². The first-order valence-electron chi connectivity index (χ1n) is 6.99. The molecule has 25 heavy (non-hydrogen) atoms. The van der Waals surface area contributed by atoms with Gasteiger partial charge in [-0.25, -0.2) is 4.98 Å². The molecule has 0 atom stereocenters. The molecule has 0 spiro atoms. The van der Waals surface area contributed by atoms with Crippen molar-refractivity contribution in [2.45, 2.75) is 0 Å². The van der Waals surface area contributed by atoms with Gasteiger partial charge in [0.05, 0.1) is 27.5 Å². The van der Waals surface area contributed by atoms with E-state index in [1.165, 1.54) is 18.2 Å². The molecule has 0 aliphatic rings. The molecule has 126 valence electrons. The van der Waals surface area contributed by atoms with Crippen LogP contribution in [0.25, 0.3) is 5.69 Å². The molecule has 1 N–H and O–H groups in total. The van der Waals surface area contributed by atoms with E-state index in [0.717, 1.165) is 5.69 Å². The summed E-state index contributed by atoms with van der Waals surface area (Å²) in [5, 5.41) is 14.0. The second kappa shape index (κ2) is 7.19. The van der Waals surface area contributed by atoms with Gasteiger partial charge in [0.1, 0.15) is 0 Å². The molecule has 3 aromatic rings. The predicted octanol–water partition coefficient (Wildman–Crippen LogP) is 4.29. The van der Waals surface area contributed by atoms with E-state index in [-0.39, 0.29) is 11.6 Å². The number of benzene rings is 2. The van der Waals surface area contributed by atoms with Crippen LogP contribution in [-0.2, 0) is 0 Å². The molecule has 2 aromatic carbocycles. The highest BCUT2D eigenvalue weighted by atomic mass is 127. The van der Waals surface area contributed by atoms with Crippen molar-refractivity contribution in [1.29, 1.82) is 0 Å². The molecule has 0 unspecified atom stereocenters. The second-order valence-electron chi connectivity index (χ2n) is 5.01. The number of rotatable bonds is 4. The number of amides is 1. The summed E-state index contributed by atoms with van der Waals surface area (Å²) in [6.07, 6.45) is 5.03. The lowest BCUT2D eigenvalue weighted by molar-refractivity contribution is -0.384. The average molecular weight is 469 g/mol. The third-order valence-electron chi connectivity index (χ3n) is 3.40. The fourth-order valence-electron chi connectivity index (χ4n) is 2.20. The molecule has 1 amide bonds. The van der Waals surface area contributed by atoms with Crippen molar-refractivity contribution >= 4 is 51.5 Å². The van der Waals surface area contributed by atoms with Crippen LogP contribution in [0.4, 0.5) is 11.4 Å². The maximum Gasteiger partial charge on any atom is 0.270 e. The van der Waals surface area contributed by atoms with Crippen molar-refractivity contribution < 1.29 is 9.72 Å². The van der Waals surface area contributed by atoms with Gasteiger partial charge in [-0.2, -0.15) is 0 Å². The van der Waals surface area contributed by atoms with Gasteiger partial charge in [0.2, 0.25) is 0 Å². The third-order valence-corrected chi connectivity index (χ3v) is 4.59. The van der Waals surface area contributed by atoms with E-state index in [1.54, 1.807) is 41.5 Å². The van der Waals surface area contributed by atoms with Gasteiger partial charge < -0.3 is 9.88 Å². The summed E-state index contributed by atoms with van der Waals surface area (Å²) >= 11 is 8.16. The number of anilines is 1. The Balaban J connectivity index is 1.82. The number of nitrogens with zero attached hydrogens (tertiary/aromatic N) is 3. The Hall–Kier alpha value is -2.46. The number of nitrogens with one attached hydrogen (secondary N) is 1. The van der Waals surface area contributed by atoms with Crippen molar-refractivity contribution in [2.75, 3.05) is 5.32 Å². The third kappa shape index (κ3) is 3.80. The van der Waals surface area contributed by atoms with E-state index in [2.05, 4.69) is 10.3 Å². The van der Waals surface area contributed by atoms with Crippen molar-refractivity contribution in [3.05, 3.63) is 79.4 Å². The van der Waals surface area contributed by atoms with Crippen molar-refractivity contribution in [3.8, 4) is 5.69 Å². The molecular weight excluding hydrogens is 459 g/mol.